The van der Waals surface area contributed by atoms with Crippen LogP contribution in [0.4, 0.5) is 17.6 Å². The van der Waals surface area contributed by atoms with Crippen molar-refractivity contribution in [2.24, 2.45) is 0 Å². The minimum atomic E-state index is -3.55. The zero-order valence-corrected chi connectivity index (χ0v) is 9.42. The van der Waals surface area contributed by atoms with Crippen molar-refractivity contribution in [3.05, 3.63) is 0 Å². The van der Waals surface area contributed by atoms with Gasteiger partial charge in [-0.2, -0.15) is 0 Å². The summed E-state index contributed by atoms with van der Waals surface area (Å²) in [6.07, 6.45) is -5.63. The fourth-order valence-corrected chi connectivity index (χ4v) is 1.61. The van der Waals surface area contributed by atoms with Crippen molar-refractivity contribution in [3.63, 3.8) is 0 Å². The lowest BCUT2D eigenvalue weighted by atomic mass is 10.1. The summed E-state index contributed by atoms with van der Waals surface area (Å²) in [5.41, 5.74) is 0. The van der Waals surface area contributed by atoms with Gasteiger partial charge in [-0.1, -0.05) is 11.8 Å². The van der Waals surface area contributed by atoms with Crippen molar-refractivity contribution in [1.82, 2.24) is 0 Å². The Labute approximate surface area is 90.6 Å². The van der Waals surface area contributed by atoms with Crippen LogP contribution in [0.5, 0.6) is 0 Å². The smallest absolute Gasteiger partial charge is 0.279 e. The number of alkyl halides is 4. The molecule has 2 unspecified atom stereocenters. The normalized spacial score (nSPS) is 16.1. The van der Waals surface area contributed by atoms with Crippen LogP contribution < -0.4 is 0 Å². The van der Waals surface area contributed by atoms with Crippen molar-refractivity contribution in [2.45, 2.75) is 45.0 Å². The molecule has 0 N–H and O–H groups in total. The predicted octanol–water partition coefficient (Wildman–Crippen LogP) is 3.38. The van der Waals surface area contributed by atoms with E-state index in [1.54, 1.807) is 0 Å². The van der Waals surface area contributed by atoms with Gasteiger partial charge in [-0.3, -0.25) is 4.79 Å². The van der Waals surface area contributed by atoms with Crippen LogP contribution in [0, 0.1) is 0 Å². The molecule has 0 spiro atoms. The van der Waals surface area contributed by atoms with Crippen LogP contribution in [0.3, 0.4) is 0 Å². The lowest BCUT2D eigenvalue weighted by molar-refractivity contribution is -0.109. The molecule has 2 atom stereocenters. The lowest BCUT2D eigenvalue weighted by Crippen LogP contribution is -2.32. The van der Waals surface area contributed by atoms with Crippen LogP contribution in [0.1, 0.15) is 26.7 Å². The van der Waals surface area contributed by atoms with E-state index in [1.807, 2.05) is 0 Å². The average molecular weight is 246 g/mol. The summed E-state index contributed by atoms with van der Waals surface area (Å²) in [6.45, 7) is 2.28. The molecule has 90 valence electrons. The summed E-state index contributed by atoms with van der Waals surface area (Å²) in [7, 11) is 0. The maximum absolute atomic E-state index is 13.0. The molecule has 0 rings (SSSR count). The highest BCUT2D eigenvalue weighted by molar-refractivity contribution is 8.13. The third kappa shape index (κ3) is 6.76. The average Bonchev–Trinajstić information content (AvgIpc) is 2.01. The molecule has 1 nitrogen and oxygen atoms in total. The molecule has 0 radical (unpaired) electrons. The van der Waals surface area contributed by atoms with E-state index in [-0.39, 0.29) is 10.9 Å². The first-order chi connectivity index (χ1) is 6.75. The number of hydrogen-bond acceptors (Lipinski definition) is 2. The zero-order valence-electron chi connectivity index (χ0n) is 8.60. The first-order valence-corrected chi connectivity index (χ1v) is 5.53. The molecule has 0 aromatic carbocycles. The quantitative estimate of drug-likeness (QED) is 0.668. The molecule has 0 amide bonds. The molecule has 0 heterocycles. The minimum absolute atomic E-state index is 0.149. The number of carbonyl (C=O) groups is 1. The van der Waals surface area contributed by atoms with Gasteiger partial charge in [0.1, 0.15) is 6.17 Å². The van der Waals surface area contributed by atoms with E-state index in [1.165, 1.54) is 6.92 Å². The summed E-state index contributed by atoms with van der Waals surface area (Å²) in [6, 6.07) is 0. The molecule has 6 heteroatoms. The Balaban J connectivity index is 3.98. The Morgan fingerprint density at radius 1 is 1.40 bits per heavy atom. The van der Waals surface area contributed by atoms with E-state index in [4.69, 9.17) is 0 Å². The summed E-state index contributed by atoms with van der Waals surface area (Å²) in [4.78, 5) is 10.4. The highest BCUT2D eigenvalue weighted by Gasteiger charge is 2.40. The fourth-order valence-electron chi connectivity index (χ4n) is 0.945. The second-order valence-electron chi connectivity index (χ2n) is 3.34. The monoisotopic (exact) mass is 246 g/mol. The summed E-state index contributed by atoms with van der Waals surface area (Å²) < 4.78 is 51.1. The maximum atomic E-state index is 13.0. The van der Waals surface area contributed by atoms with E-state index < -0.39 is 31.1 Å². The summed E-state index contributed by atoms with van der Waals surface area (Å²) >= 11 is 0.715. The molecule has 0 aromatic heterocycles. The van der Waals surface area contributed by atoms with Crippen LogP contribution in [-0.4, -0.2) is 29.1 Å². The standard InChI is InChI=1S/C9H14F4OS/c1-6(10)5-8(11)9(12,13)3-4-15-7(2)14/h6,8H,3-5H2,1-2H3. The van der Waals surface area contributed by atoms with E-state index in [2.05, 4.69) is 0 Å². The highest BCUT2D eigenvalue weighted by atomic mass is 32.2. The third-order valence-electron chi connectivity index (χ3n) is 1.73. The van der Waals surface area contributed by atoms with Gasteiger partial charge in [-0.15, -0.1) is 0 Å². The predicted molar refractivity (Wildman–Crippen MR) is 52.8 cm³/mol. The molecule has 0 aromatic rings. The second kappa shape index (κ2) is 6.35. The Morgan fingerprint density at radius 3 is 2.33 bits per heavy atom. The molecular formula is C9H14F4OS. The molecule has 0 saturated heterocycles. The molecule has 0 aliphatic carbocycles. The van der Waals surface area contributed by atoms with Crippen LogP contribution in [-0.2, 0) is 4.79 Å². The van der Waals surface area contributed by atoms with Gasteiger partial charge in [0.05, 0.1) is 0 Å². The second-order valence-corrected chi connectivity index (χ2v) is 4.61. The van der Waals surface area contributed by atoms with Crippen LogP contribution in [0.25, 0.3) is 0 Å². The van der Waals surface area contributed by atoms with Crippen LogP contribution >= 0.6 is 11.8 Å². The SMILES string of the molecule is CC(=O)SCCC(F)(F)C(F)CC(C)F. The van der Waals surface area contributed by atoms with Crippen molar-refractivity contribution in [2.75, 3.05) is 5.75 Å². The minimum Gasteiger partial charge on any atom is -0.288 e. The first-order valence-electron chi connectivity index (χ1n) is 4.55. The van der Waals surface area contributed by atoms with Gasteiger partial charge >= 0.3 is 0 Å². The molecular weight excluding hydrogens is 232 g/mol. The highest BCUT2D eigenvalue weighted by Crippen LogP contribution is 2.30. The molecule has 15 heavy (non-hydrogen) atoms. The Kier molecular flexibility index (Phi) is 6.24. The van der Waals surface area contributed by atoms with Gasteiger partial charge in [0.2, 0.25) is 0 Å². The Morgan fingerprint density at radius 2 is 1.93 bits per heavy atom. The summed E-state index contributed by atoms with van der Waals surface area (Å²) in [5, 5.41) is -0.292. The van der Waals surface area contributed by atoms with Crippen LogP contribution in [0.15, 0.2) is 0 Å². The van der Waals surface area contributed by atoms with Crippen molar-refractivity contribution < 1.29 is 22.4 Å². The third-order valence-corrected chi connectivity index (χ3v) is 2.55. The lowest BCUT2D eigenvalue weighted by Gasteiger charge is -2.20. The van der Waals surface area contributed by atoms with E-state index in [0.717, 1.165) is 6.92 Å². The number of thioether (sulfide) groups is 1. The van der Waals surface area contributed by atoms with Gasteiger partial charge in [-0.05, 0) is 6.92 Å². The van der Waals surface area contributed by atoms with Crippen molar-refractivity contribution in [1.29, 1.82) is 0 Å². The largest absolute Gasteiger partial charge is 0.288 e. The fraction of sp³-hybridized carbons (Fsp3) is 0.889. The summed E-state index contributed by atoms with van der Waals surface area (Å²) in [5.74, 6) is -3.70. The molecule has 0 aliphatic rings. The van der Waals surface area contributed by atoms with Crippen molar-refractivity contribution in [3.8, 4) is 0 Å². The van der Waals surface area contributed by atoms with Gasteiger partial charge in [-0.25, -0.2) is 17.6 Å². The Bertz CT molecular complexity index is 208. The molecule has 0 bridgehead atoms. The van der Waals surface area contributed by atoms with E-state index in [0.29, 0.717) is 11.8 Å². The topological polar surface area (TPSA) is 17.1 Å². The van der Waals surface area contributed by atoms with Crippen molar-refractivity contribution >= 4 is 16.9 Å². The number of rotatable bonds is 6. The zero-order chi connectivity index (χ0) is 12.1. The maximum Gasteiger partial charge on any atom is 0.279 e. The van der Waals surface area contributed by atoms with Gasteiger partial charge in [0.15, 0.2) is 11.3 Å². The van der Waals surface area contributed by atoms with Crippen LogP contribution in [0.2, 0.25) is 0 Å². The number of halogens is 4. The number of hydrogen-bond donors (Lipinski definition) is 0. The molecule has 0 aliphatic heterocycles. The molecule has 0 fully saturated rings. The first kappa shape index (κ1) is 14.7. The van der Waals surface area contributed by atoms with Gasteiger partial charge in [0, 0.05) is 25.5 Å². The van der Waals surface area contributed by atoms with Gasteiger partial charge in [0.25, 0.3) is 5.92 Å². The number of carbonyl (C=O) groups excluding carboxylic acids is 1. The van der Waals surface area contributed by atoms with E-state index >= 15 is 0 Å². The molecule has 0 saturated carbocycles. The Hall–Kier alpha value is -0.260. The van der Waals surface area contributed by atoms with E-state index in [9.17, 15) is 22.4 Å². The van der Waals surface area contributed by atoms with Gasteiger partial charge < -0.3 is 0 Å².